The van der Waals surface area contributed by atoms with E-state index in [1.165, 1.54) is 6.26 Å². The van der Waals surface area contributed by atoms with Crippen LogP contribution in [0.5, 0.6) is 11.5 Å². The minimum atomic E-state index is -0.765. The number of carbonyl (C=O) groups is 3. The normalized spacial score (nSPS) is 17.8. The second-order valence-corrected chi connectivity index (χ2v) is 8.71. The number of nitrogens with one attached hydrogen (secondary N) is 1. The van der Waals surface area contributed by atoms with Gasteiger partial charge in [-0.05, 0) is 29.8 Å². The molecule has 0 saturated carbocycles. The highest BCUT2D eigenvalue weighted by Crippen LogP contribution is 2.31. The first-order valence-corrected chi connectivity index (χ1v) is 11.9. The Labute approximate surface area is 208 Å². The molecule has 0 bridgehead atoms. The lowest BCUT2D eigenvalue weighted by atomic mass is 10.0. The highest BCUT2D eigenvalue weighted by Gasteiger charge is 2.35. The molecular formula is C27H27N3O6. The van der Waals surface area contributed by atoms with Gasteiger partial charge in [0.15, 0.2) is 17.3 Å². The quantitative estimate of drug-likeness (QED) is 0.569. The van der Waals surface area contributed by atoms with Crippen molar-refractivity contribution in [2.75, 3.05) is 32.8 Å². The average molecular weight is 490 g/mol. The van der Waals surface area contributed by atoms with E-state index >= 15 is 0 Å². The molecule has 9 nitrogen and oxygen atoms in total. The van der Waals surface area contributed by atoms with Gasteiger partial charge in [-0.1, -0.05) is 42.5 Å². The molecule has 3 aromatic rings. The molecule has 5 rings (SSSR count). The summed E-state index contributed by atoms with van der Waals surface area (Å²) in [6, 6.07) is 19.2. The second kappa shape index (κ2) is 10.6. The van der Waals surface area contributed by atoms with Crippen LogP contribution in [0.4, 0.5) is 0 Å². The van der Waals surface area contributed by atoms with Crippen LogP contribution in [0.2, 0.25) is 0 Å². The van der Waals surface area contributed by atoms with Crippen LogP contribution in [0.25, 0.3) is 0 Å². The minimum absolute atomic E-state index is 0.146. The molecule has 2 atom stereocenters. The number of amides is 3. The summed E-state index contributed by atoms with van der Waals surface area (Å²) < 4.78 is 16.7. The van der Waals surface area contributed by atoms with Gasteiger partial charge in [-0.15, -0.1) is 0 Å². The lowest BCUT2D eigenvalue weighted by Crippen LogP contribution is -2.58. The topological polar surface area (TPSA) is 101 Å². The third-order valence-corrected chi connectivity index (χ3v) is 6.32. The maximum Gasteiger partial charge on any atom is 0.287 e. The molecule has 0 unspecified atom stereocenters. The number of nitrogens with zero attached hydrogens (tertiary/aromatic N) is 2. The molecule has 1 aromatic heterocycles. The summed E-state index contributed by atoms with van der Waals surface area (Å²) >= 11 is 0. The van der Waals surface area contributed by atoms with Crippen molar-refractivity contribution in [3.63, 3.8) is 0 Å². The second-order valence-electron chi connectivity index (χ2n) is 8.71. The van der Waals surface area contributed by atoms with Gasteiger partial charge in [-0.25, -0.2) is 0 Å². The van der Waals surface area contributed by atoms with E-state index in [-0.39, 0.29) is 24.2 Å². The molecule has 2 aromatic carbocycles. The number of rotatable bonds is 6. The van der Waals surface area contributed by atoms with E-state index in [1.807, 2.05) is 42.5 Å². The first-order valence-electron chi connectivity index (χ1n) is 11.9. The van der Waals surface area contributed by atoms with Crippen molar-refractivity contribution in [2.45, 2.75) is 18.6 Å². The fraction of sp³-hybridized carbons (Fsp3) is 0.296. The van der Waals surface area contributed by atoms with Gasteiger partial charge in [0.1, 0.15) is 12.6 Å². The van der Waals surface area contributed by atoms with Crippen LogP contribution in [0, 0.1) is 0 Å². The van der Waals surface area contributed by atoms with Crippen LogP contribution < -0.4 is 14.8 Å². The molecule has 1 saturated heterocycles. The molecule has 186 valence electrons. The number of furan rings is 1. The van der Waals surface area contributed by atoms with Crippen LogP contribution >= 0.6 is 0 Å². The molecule has 2 aliphatic heterocycles. The van der Waals surface area contributed by atoms with Crippen molar-refractivity contribution in [3.8, 4) is 11.5 Å². The van der Waals surface area contributed by atoms with Gasteiger partial charge in [0, 0.05) is 32.6 Å². The van der Waals surface area contributed by atoms with Crippen molar-refractivity contribution < 1.29 is 28.3 Å². The van der Waals surface area contributed by atoms with Gasteiger partial charge in [0.2, 0.25) is 12.0 Å². The van der Waals surface area contributed by atoms with Crippen molar-refractivity contribution in [3.05, 3.63) is 84.3 Å². The number of para-hydroxylation sites is 2. The SMILES string of the molecule is O=C(N[C@@H](Cc1ccccc1)C(=O)N1CCN(C(=O)[C@@H]2COc3ccccc3O2)CC1)c1ccco1. The highest BCUT2D eigenvalue weighted by molar-refractivity contribution is 5.95. The molecule has 1 N–H and O–H groups in total. The molecule has 3 amide bonds. The number of piperazine rings is 1. The standard InChI is InChI=1S/C27H27N3O6/c31-25(23-11-6-16-34-23)28-20(17-19-7-2-1-3-8-19)26(32)29-12-14-30(15-13-29)27(33)24-18-35-21-9-4-5-10-22(21)36-24/h1-11,16,20,24H,12-15,17-18H2,(H,28,31)/t20-,24-/m0/s1. The Morgan fingerprint density at radius 3 is 2.28 bits per heavy atom. The number of carbonyl (C=O) groups excluding carboxylic acids is 3. The van der Waals surface area contributed by atoms with Gasteiger partial charge in [0.05, 0.1) is 6.26 Å². The molecule has 3 heterocycles. The van der Waals surface area contributed by atoms with Gasteiger partial charge in [0.25, 0.3) is 11.8 Å². The van der Waals surface area contributed by atoms with Gasteiger partial charge < -0.3 is 29.0 Å². The van der Waals surface area contributed by atoms with E-state index in [9.17, 15) is 14.4 Å². The van der Waals surface area contributed by atoms with E-state index in [4.69, 9.17) is 13.9 Å². The summed E-state index contributed by atoms with van der Waals surface area (Å²) in [5.74, 6) is 0.510. The molecule has 0 spiro atoms. The molecule has 1 fully saturated rings. The summed E-state index contributed by atoms with van der Waals surface area (Å²) in [4.78, 5) is 42.5. The molecule has 2 aliphatic rings. The van der Waals surface area contributed by atoms with Gasteiger partial charge in [-0.2, -0.15) is 0 Å². The van der Waals surface area contributed by atoms with E-state index in [0.717, 1.165) is 5.56 Å². The molecule has 9 heteroatoms. The third kappa shape index (κ3) is 5.19. The fourth-order valence-corrected chi connectivity index (χ4v) is 4.40. The Morgan fingerprint density at radius 1 is 0.861 bits per heavy atom. The first kappa shape index (κ1) is 23.5. The lowest BCUT2D eigenvalue weighted by molar-refractivity contribution is -0.146. The summed E-state index contributed by atoms with van der Waals surface area (Å²) in [6.45, 7) is 1.60. The maximum absolute atomic E-state index is 13.5. The van der Waals surface area contributed by atoms with E-state index in [0.29, 0.717) is 44.1 Å². The lowest BCUT2D eigenvalue weighted by Gasteiger charge is -2.38. The molecule has 0 radical (unpaired) electrons. The molecule has 0 aliphatic carbocycles. The zero-order valence-corrected chi connectivity index (χ0v) is 19.7. The summed E-state index contributed by atoms with van der Waals surface area (Å²) in [5, 5.41) is 2.82. The van der Waals surface area contributed by atoms with Crippen LogP contribution in [0.3, 0.4) is 0 Å². The number of hydrogen-bond donors (Lipinski definition) is 1. The van der Waals surface area contributed by atoms with E-state index in [1.54, 1.807) is 34.1 Å². The van der Waals surface area contributed by atoms with E-state index in [2.05, 4.69) is 5.32 Å². The van der Waals surface area contributed by atoms with Crippen LogP contribution in [-0.4, -0.2) is 72.5 Å². The summed E-state index contributed by atoms with van der Waals surface area (Å²) in [6.07, 6.45) is 1.04. The summed E-state index contributed by atoms with van der Waals surface area (Å²) in [7, 11) is 0. The van der Waals surface area contributed by atoms with Crippen LogP contribution in [-0.2, 0) is 16.0 Å². The average Bonchev–Trinajstić information content (AvgIpc) is 3.48. The Hall–Kier alpha value is -4.27. The monoisotopic (exact) mass is 489 g/mol. The minimum Gasteiger partial charge on any atom is -0.485 e. The van der Waals surface area contributed by atoms with Gasteiger partial charge in [-0.3, -0.25) is 14.4 Å². The summed E-state index contributed by atoms with van der Waals surface area (Å²) in [5.41, 5.74) is 0.930. The first-order chi connectivity index (χ1) is 17.6. The largest absolute Gasteiger partial charge is 0.485 e. The van der Waals surface area contributed by atoms with Crippen molar-refractivity contribution in [1.29, 1.82) is 0 Å². The number of hydrogen-bond acceptors (Lipinski definition) is 6. The highest BCUT2D eigenvalue weighted by atomic mass is 16.6. The van der Waals surface area contributed by atoms with E-state index < -0.39 is 18.1 Å². The number of ether oxygens (including phenoxy) is 2. The zero-order chi connectivity index (χ0) is 24.9. The smallest absolute Gasteiger partial charge is 0.287 e. The number of fused-ring (bicyclic) bond motifs is 1. The van der Waals surface area contributed by atoms with Crippen LogP contribution in [0.15, 0.2) is 77.4 Å². The number of benzene rings is 2. The van der Waals surface area contributed by atoms with Crippen molar-refractivity contribution in [2.24, 2.45) is 0 Å². The third-order valence-electron chi connectivity index (χ3n) is 6.32. The van der Waals surface area contributed by atoms with Gasteiger partial charge >= 0.3 is 0 Å². The maximum atomic E-state index is 13.5. The van der Waals surface area contributed by atoms with Crippen LogP contribution in [0.1, 0.15) is 16.1 Å². The predicted molar refractivity (Wildman–Crippen MR) is 130 cm³/mol. The Kier molecular flexibility index (Phi) is 6.88. The predicted octanol–water partition coefficient (Wildman–Crippen LogP) is 2.13. The Balaban J connectivity index is 1.21. The Bertz CT molecular complexity index is 1210. The molecule has 36 heavy (non-hydrogen) atoms. The van der Waals surface area contributed by atoms with Crippen molar-refractivity contribution in [1.82, 2.24) is 15.1 Å². The van der Waals surface area contributed by atoms with Crippen molar-refractivity contribution >= 4 is 17.7 Å². The molecular weight excluding hydrogens is 462 g/mol. The Morgan fingerprint density at radius 2 is 1.56 bits per heavy atom. The fourth-order valence-electron chi connectivity index (χ4n) is 4.40. The zero-order valence-electron chi connectivity index (χ0n) is 19.7.